The third-order valence-electron chi connectivity index (χ3n) is 5.57. The summed E-state index contributed by atoms with van der Waals surface area (Å²) in [4.78, 5) is 59.2. The van der Waals surface area contributed by atoms with Crippen LogP contribution in [0.15, 0.2) is 0 Å². The van der Waals surface area contributed by atoms with Crippen molar-refractivity contribution in [3.05, 3.63) is 0 Å². The molecule has 0 unspecified atom stereocenters. The Morgan fingerprint density at radius 3 is 1.56 bits per heavy atom. The van der Waals surface area contributed by atoms with E-state index in [1.54, 1.807) is 0 Å². The van der Waals surface area contributed by atoms with Crippen LogP contribution >= 0.6 is 0 Å². The average Bonchev–Trinajstić information content (AvgIpc) is 2.82. The minimum Gasteiger partial charge on any atom is -0.463 e. The van der Waals surface area contributed by atoms with Crippen molar-refractivity contribution < 1.29 is 76.8 Å². The molecule has 0 amide bonds. The Morgan fingerprint density at radius 1 is 0.641 bits per heavy atom. The van der Waals surface area contributed by atoms with Crippen LogP contribution in [0.25, 0.3) is 0 Å². The number of carbonyl (C=O) groups is 5. The fraction of sp³-hybridized carbons (Fsp3) is 0.783. The number of aliphatic hydroxyl groups excluding tert-OH is 2. The highest BCUT2D eigenvalue weighted by atomic mass is 16.8. The van der Waals surface area contributed by atoms with Crippen LogP contribution in [0, 0.1) is 0 Å². The molecule has 10 atom stereocenters. The van der Waals surface area contributed by atoms with Crippen LogP contribution in [0.1, 0.15) is 34.6 Å². The molecule has 2 rings (SSSR count). The Hall–Kier alpha value is -2.89. The van der Waals surface area contributed by atoms with Crippen LogP contribution in [0.4, 0.5) is 0 Å². The quantitative estimate of drug-likeness (QED) is 0.219. The van der Waals surface area contributed by atoms with E-state index in [2.05, 4.69) is 0 Å². The van der Waals surface area contributed by atoms with E-state index in [0.717, 1.165) is 34.6 Å². The van der Waals surface area contributed by atoms with Gasteiger partial charge in [-0.25, -0.2) is 0 Å². The molecular weight excluding hydrogens is 532 g/mol. The van der Waals surface area contributed by atoms with Crippen molar-refractivity contribution in [2.45, 2.75) is 96.0 Å². The third-order valence-corrected chi connectivity index (χ3v) is 5.57. The van der Waals surface area contributed by atoms with Crippen molar-refractivity contribution in [1.82, 2.24) is 0 Å². The lowest BCUT2D eigenvalue weighted by atomic mass is 9.96. The van der Waals surface area contributed by atoms with Crippen molar-refractivity contribution in [2.24, 2.45) is 0 Å². The maximum atomic E-state index is 12.1. The lowest BCUT2D eigenvalue weighted by molar-refractivity contribution is -0.358. The van der Waals surface area contributed by atoms with Crippen LogP contribution in [0.3, 0.4) is 0 Å². The highest BCUT2D eigenvalue weighted by molar-refractivity contribution is 5.68. The Balaban J connectivity index is 2.57. The molecule has 2 N–H and O–H groups in total. The van der Waals surface area contributed by atoms with Gasteiger partial charge in [0.15, 0.2) is 37.0 Å². The number of carbonyl (C=O) groups excluding carboxylic acids is 5. The lowest BCUT2D eigenvalue weighted by Crippen LogP contribution is -2.66. The zero-order valence-electron chi connectivity index (χ0n) is 22.3. The van der Waals surface area contributed by atoms with E-state index in [4.69, 9.17) is 42.6 Å². The molecule has 0 radical (unpaired) electrons. The Morgan fingerprint density at radius 2 is 1.10 bits per heavy atom. The second kappa shape index (κ2) is 14.5. The van der Waals surface area contributed by atoms with Gasteiger partial charge in [0.1, 0.15) is 31.0 Å². The van der Waals surface area contributed by atoms with Gasteiger partial charge in [0, 0.05) is 41.7 Å². The third kappa shape index (κ3) is 8.81. The number of hydrogen-bond donors (Lipinski definition) is 2. The highest BCUT2D eigenvalue weighted by Gasteiger charge is 2.56. The zero-order chi connectivity index (χ0) is 29.4. The SMILES string of the molecule is CO[C@@H]1O[C@H](COC(C)=O)[C@@H](O[C@@H]2O[C@H](CO)[C@H](O)[C@H](OC(C)=O)[C@H]2OC(C)=O)[C@H](OC(C)=O)[C@H]1OC(C)=O. The Bertz CT molecular complexity index is 891. The smallest absolute Gasteiger partial charge is 0.303 e. The molecular formula is C23H34O16. The molecule has 2 fully saturated rings. The van der Waals surface area contributed by atoms with E-state index < -0.39 is 104 Å². The summed E-state index contributed by atoms with van der Waals surface area (Å²) in [7, 11) is 1.23. The summed E-state index contributed by atoms with van der Waals surface area (Å²) in [5.74, 6) is -4.02. The van der Waals surface area contributed by atoms with Gasteiger partial charge < -0.3 is 52.8 Å². The minimum atomic E-state index is -1.68. The molecule has 0 aliphatic carbocycles. The standard InChI is InChI=1S/C23H34O16/c1-9(25)32-8-15-17(19(34-11(3)27)21(36-13(5)29)22(31-6)38-15)39-23-20(35-12(4)28)18(33-10(2)26)16(30)14(7-24)37-23/h14-24,30H,7-8H2,1-6H3/t14-,15-,16+,17-,18+,19+,20-,21-,22-,23+/m1/s1. The molecule has 2 heterocycles. The topological polar surface area (TPSA) is 209 Å². The predicted octanol–water partition coefficient (Wildman–Crippen LogP) is -1.89. The van der Waals surface area contributed by atoms with E-state index in [0.29, 0.717) is 0 Å². The van der Waals surface area contributed by atoms with E-state index in [1.165, 1.54) is 7.11 Å². The van der Waals surface area contributed by atoms with Gasteiger partial charge in [0.25, 0.3) is 0 Å². The number of rotatable bonds is 10. The second-order valence-corrected chi connectivity index (χ2v) is 8.69. The van der Waals surface area contributed by atoms with Crippen molar-refractivity contribution >= 4 is 29.8 Å². The maximum absolute atomic E-state index is 12.1. The molecule has 0 aromatic carbocycles. The first-order valence-electron chi connectivity index (χ1n) is 11.9. The first kappa shape index (κ1) is 32.3. The summed E-state index contributed by atoms with van der Waals surface area (Å²) in [6.45, 7) is 4.17. The van der Waals surface area contributed by atoms with Crippen LogP contribution in [0.2, 0.25) is 0 Å². The fourth-order valence-electron chi connectivity index (χ4n) is 4.16. The molecule has 0 aromatic rings. The van der Waals surface area contributed by atoms with Crippen LogP contribution in [0.5, 0.6) is 0 Å². The number of aliphatic hydroxyl groups is 2. The number of methoxy groups -OCH3 is 1. The molecule has 0 saturated carbocycles. The molecule has 0 bridgehead atoms. The van der Waals surface area contributed by atoms with Gasteiger partial charge in [0.05, 0.1) is 6.61 Å². The number of hydrogen-bond acceptors (Lipinski definition) is 16. The summed E-state index contributed by atoms with van der Waals surface area (Å²) in [5.41, 5.74) is 0. The van der Waals surface area contributed by atoms with Crippen LogP contribution in [-0.2, 0) is 66.6 Å². The molecule has 16 nitrogen and oxygen atoms in total. The first-order chi connectivity index (χ1) is 18.3. The Labute approximate surface area is 223 Å². The maximum Gasteiger partial charge on any atom is 0.303 e. The van der Waals surface area contributed by atoms with Crippen LogP contribution < -0.4 is 0 Å². The average molecular weight is 567 g/mol. The Kier molecular flexibility index (Phi) is 12.0. The van der Waals surface area contributed by atoms with Gasteiger partial charge in [0.2, 0.25) is 0 Å². The number of esters is 5. The van der Waals surface area contributed by atoms with Gasteiger partial charge in [-0.15, -0.1) is 0 Å². The molecule has 0 spiro atoms. The van der Waals surface area contributed by atoms with Gasteiger partial charge in [-0.2, -0.15) is 0 Å². The van der Waals surface area contributed by atoms with Crippen molar-refractivity contribution in [3.8, 4) is 0 Å². The summed E-state index contributed by atoms with van der Waals surface area (Å²) in [5, 5.41) is 20.4. The summed E-state index contributed by atoms with van der Waals surface area (Å²) < 4.78 is 49.0. The van der Waals surface area contributed by atoms with Gasteiger partial charge in [-0.1, -0.05) is 0 Å². The molecule has 39 heavy (non-hydrogen) atoms. The van der Waals surface area contributed by atoms with Crippen molar-refractivity contribution in [2.75, 3.05) is 20.3 Å². The van der Waals surface area contributed by atoms with Crippen molar-refractivity contribution in [3.63, 3.8) is 0 Å². The van der Waals surface area contributed by atoms with Gasteiger partial charge in [-0.3, -0.25) is 24.0 Å². The fourth-order valence-corrected chi connectivity index (χ4v) is 4.16. The van der Waals surface area contributed by atoms with E-state index >= 15 is 0 Å². The summed E-state index contributed by atoms with van der Waals surface area (Å²) in [6, 6.07) is 0. The number of ether oxygens (including phenoxy) is 9. The zero-order valence-corrected chi connectivity index (χ0v) is 22.3. The predicted molar refractivity (Wildman–Crippen MR) is 121 cm³/mol. The largest absolute Gasteiger partial charge is 0.463 e. The second-order valence-electron chi connectivity index (χ2n) is 8.69. The van der Waals surface area contributed by atoms with Crippen LogP contribution in [-0.4, -0.2) is 122 Å². The molecule has 2 aliphatic heterocycles. The van der Waals surface area contributed by atoms with Crippen molar-refractivity contribution in [1.29, 1.82) is 0 Å². The van der Waals surface area contributed by atoms with E-state index in [9.17, 15) is 34.2 Å². The molecule has 2 saturated heterocycles. The van der Waals surface area contributed by atoms with Gasteiger partial charge >= 0.3 is 29.8 Å². The normalized spacial score (nSPS) is 34.4. The molecule has 0 aromatic heterocycles. The molecule has 222 valence electrons. The first-order valence-corrected chi connectivity index (χ1v) is 11.9. The summed E-state index contributed by atoms with van der Waals surface area (Å²) >= 11 is 0. The monoisotopic (exact) mass is 566 g/mol. The van der Waals surface area contributed by atoms with E-state index in [1.807, 2.05) is 0 Å². The molecule has 2 aliphatic rings. The minimum absolute atomic E-state index is 0.463. The van der Waals surface area contributed by atoms with E-state index in [-0.39, 0.29) is 0 Å². The summed E-state index contributed by atoms with van der Waals surface area (Å²) in [6.07, 6.45) is -14.7. The highest BCUT2D eigenvalue weighted by Crippen LogP contribution is 2.34. The lowest BCUT2D eigenvalue weighted by Gasteiger charge is -2.48. The van der Waals surface area contributed by atoms with Gasteiger partial charge in [-0.05, 0) is 0 Å². The molecule has 16 heteroatoms.